The monoisotopic (exact) mass is 357 g/mol. The highest BCUT2D eigenvalue weighted by atomic mass is 16.5. The number of aromatic carboxylic acids is 1. The van der Waals surface area contributed by atoms with Gasteiger partial charge in [0.1, 0.15) is 11.3 Å². The van der Waals surface area contributed by atoms with Crippen LogP contribution in [-0.2, 0) is 11.2 Å². The number of carbonyl (C=O) groups excluding carboxylic acids is 1. The Morgan fingerprint density at radius 3 is 2.65 bits per heavy atom. The minimum Gasteiger partial charge on any atom is -0.478 e. The SMILES string of the molecule is CCc1oc(C(=O)NC(CC2CCOC2)c2ccccc2)cc1C(=O)O. The van der Waals surface area contributed by atoms with Gasteiger partial charge in [-0.1, -0.05) is 37.3 Å². The lowest BCUT2D eigenvalue weighted by molar-refractivity contribution is 0.0694. The van der Waals surface area contributed by atoms with Crippen LogP contribution in [0.25, 0.3) is 0 Å². The van der Waals surface area contributed by atoms with Crippen LogP contribution in [-0.4, -0.2) is 30.2 Å². The third-order valence-electron chi connectivity index (χ3n) is 4.68. The molecule has 1 fully saturated rings. The molecule has 0 bridgehead atoms. The molecule has 138 valence electrons. The second-order valence-corrected chi connectivity index (χ2v) is 6.51. The molecular formula is C20H23NO5. The van der Waals surface area contributed by atoms with E-state index in [1.807, 2.05) is 30.3 Å². The van der Waals surface area contributed by atoms with Gasteiger partial charge in [-0.05, 0) is 24.3 Å². The van der Waals surface area contributed by atoms with E-state index >= 15 is 0 Å². The summed E-state index contributed by atoms with van der Waals surface area (Å²) < 4.78 is 10.9. The fourth-order valence-corrected chi connectivity index (χ4v) is 3.28. The lowest BCUT2D eigenvalue weighted by Gasteiger charge is -2.21. The van der Waals surface area contributed by atoms with E-state index in [9.17, 15) is 14.7 Å². The van der Waals surface area contributed by atoms with Gasteiger partial charge in [-0.2, -0.15) is 0 Å². The Bertz CT molecular complexity index is 762. The van der Waals surface area contributed by atoms with Crippen molar-refractivity contribution in [2.45, 2.75) is 32.2 Å². The van der Waals surface area contributed by atoms with Gasteiger partial charge in [0.05, 0.1) is 6.04 Å². The van der Waals surface area contributed by atoms with Gasteiger partial charge in [-0.25, -0.2) is 4.79 Å². The maximum Gasteiger partial charge on any atom is 0.339 e. The molecule has 2 unspecified atom stereocenters. The number of hydrogen-bond acceptors (Lipinski definition) is 4. The summed E-state index contributed by atoms with van der Waals surface area (Å²) in [5.41, 5.74) is 1.05. The molecule has 3 rings (SSSR count). The van der Waals surface area contributed by atoms with E-state index in [-0.39, 0.29) is 17.4 Å². The van der Waals surface area contributed by atoms with Gasteiger partial charge in [-0.15, -0.1) is 0 Å². The molecule has 0 saturated carbocycles. The van der Waals surface area contributed by atoms with Crippen LogP contribution in [0.15, 0.2) is 40.8 Å². The van der Waals surface area contributed by atoms with E-state index in [1.54, 1.807) is 6.92 Å². The van der Waals surface area contributed by atoms with Crippen molar-refractivity contribution in [3.63, 3.8) is 0 Å². The van der Waals surface area contributed by atoms with Gasteiger partial charge in [0.2, 0.25) is 0 Å². The Hall–Kier alpha value is -2.60. The number of hydrogen-bond donors (Lipinski definition) is 2. The summed E-state index contributed by atoms with van der Waals surface area (Å²) in [6.45, 7) is 3.24. The number of benzene rings is 1. The molecule has 1 aliphatic rings. The summed E-state index contributed by atoms with van der Waals surface area (Å²) in [5, 5.41) is 12.2. The molecule has 1 aliphatic heterocycles. The van der Waals surface area contributed by atoms with Crippen LogP contribution in [0, 0.1) is 5.92 Å². The number of ether oxygens (including phenoxy) is 1. The molecule has 6 heteroatoms. The molecule has 2 N–H and O–H groups in total. The predicted octanol–water partition coefficient (Wildman–Crippen LogP) is 3.44. The van der Waals surface area contributed by atoms with E-state index in [4.69, 9.17) is 9.15 Å². The summed E-state index contributed by atoms with van der Waals surface area (Å²) in [5.74, 6) is -0.767. The predicted molar refractivity (Wildman–Crippen MR) is 95.2 cm³/mol. The first-order chi connectivity index (χ1) is 12.6. The molecule has 6 nitrogen and oxygen atoms in total. The molecule has 0 aliphatic carbocycles. The van der Waals surface area contributed by atoms with Gasteiger partial charge in [0, 0.05) is 25.7 Å². The van der Waals surface area contributed by atoms with E-state index in [2.05, 4.69) is 5.32 Å². The van der Waals surface area contributed by atoms with Crippen LogP contribution < -0.4 is 5.32 Å². The fourth-order valence-electron chi connectivity index (χ4n) is 3.28. The van der Waals surface area contributed by atoms with Crippen LogP contribution in [0.3, 0.4) is 0 Å². The molecule has 1 aromatic heterocycles. The van der Waals surface area contributed by atoms with E-state index in [0.717, 1.165) is 25.0 Å². The molecule has 0 spiro atoms. The normalized spacial score (nSPS) is 17.8. The van der Waals surface area contributed by atoms with Crippen molar-refractivity contribution >= 4 is 11.9 Å². The number of amides is 1. The van der Waals surface area contributed by atoms with Crippen molar-refractivity contribution in [2.24, 2.45) is 5.92 Å². The second-order valence-electron chi connectivity index (χ2n) is 6.51. The van der Waals surface area contributed by atoms with Crippen LogP contribution in [0.1, 0.15) is 58.0 Å². The van der Waals surface area contributed by atoms with Crippen LogP contribution in [0.5, 0.6) is 0 Å². The molecule has 1 aromatic carbocycles. The van der Waals surface area contributed by atoms with Gasteiger partial charge in [-0.3, -0.25) is 4.79 Å². The van der Waals surface area contributed by atoms with Crippen LogP contribution in [0.4, 0.5) is 0 Å². The minimum atomic E-state index is -1.09. The van der Waals surface area contributed by atoms with Crippen molar-refractivity contribution in [2.75, 3.05) is 13.2 Å². The molecular weight excluding hydrogens is 334 g/mol. The first-order valence-corrected chi connectivity index (χ1v) is 8.88. The van der Waals surface area contributed by atoms with Crippen molar-refractivity contribution in [1.29, 1.82) is 0 Å². The highest BCUT2D eigenvalue weighted by Gasteiger charge is 2.26. The zero-order valence-electron chi connectivity index (χ0n) is 14.7. The number of carboxylic acid groups (broad SMARTS) is 1. The molecule has 2 heterocycles. The Labute approximate surface area is 152 Å². The molecule has 0 radical (unpaired) electrons. The Morgan fingerprint density at radius 2 is 2.08 bits per heavy atom. The summed E-state index contributed by atoms with van der Waals surface area (Å²) in [6, 6.07) is 10.9. The van der Waals surface area contributed by atoms with E-state index in [1.165, 1.54) is 6.07 Å². The topological polar surface area (TPSA) is 88.8 Å². The minimum absolute atomic E-state index is 0.0304. The Balaban J connectivity index is 1.79. The molecule has 2 atom stereocenters. The van der Waals surface area contributed by atoms with E-state index < -0.39 is 11.9 Å². The zero-order valence-corrected chi connectivity index (χ0v) is 14.7. The third kappa shape index (κ3) is 4.14. The number of carboxylic acids is 1. The summed E-state index contributed by atoms with van der Waals surface area (Å²) in [7, 11) is 0. The van der Waals surface area contributed by atoms with Crippen molar-refractivity contribution < 1.29 is 23.8 Å². The number of carbonyl (C=O) groups is 2. The number of nitrogens with one attached hydrogen (secondary N) is 1. The maximum atomic E-state index is 12.7. The van der Waals surface area contributed by atoms with Gasteiger partial charge >= 0.3 is 5.97 Å². The Kier molecular flexibility index (Phi) is 5.73. The number of aryl methyl sites for hydroxylation is 1. The van der Waals surface area contributed by atoms with E-state index in [0.29, 0.717) is 24.7 Å². The highest BCUT2D eigenvalue weighted by molar-refractivity contribution is 5.96. The van der Waals surface area contributed by atoms with Gasteiger partial charge < -0.3 is 19.6 Å². The lowest BCUT2D eigenvalue weighted by atomic mass is 9.94. The first-order valence-electron chi connectivity index (χ1n) is 8.88. The Morgan fingerprint density at radius 1 is 1.31 bits per heavy atom. The number of furan rings is 1. The molecule has 1 amide bonds. The molecule has 26 heavy (non-hydrogen) atoms. The molecule has 2 aromatic rings. The highest BCUT2D eigenvalue weighted by Crippen LogP contribution is 2.27. The van der Waals surface area contributed by atoms with Gasteiger partial charge in [0.25, 0.3) is 5.91 Å². The summed E-state index contributed by atoms with van der Waals surface area (Å²) in [4.78, 5) is 24.0. The number of rotatable bonds is 7. The quantitative estimate of drug-likeness (QED) is 0.792. The van der Waals surface area contributed by atoms with Gasteiger partial charge in [0.15, 0.2) is 5.76 Å². The largest absolute Gasteiger partial charge is 0.478 e. The third-order valence-corrected chi connectivity index (χ3v) is 4.68. The second kappa shape index (κ2) is 8.19. The van der Waals surface area contributed by atoms with Crippen LogP contribution >= 0.6 is 0 Å². The lowest BCUT2D eigenvalue weighted by Crippen LogP contribution is -2.30. The zero-order chi connectivity index (χ0) is 18.5. The average molecular weight is 357 g/mol. The summed E-state index contributed by atoms with van der Waals surface area (Å²) in [6.07, 6.45) is 2.16. The maximum absolute atomic E-state index is 12.7. The van der Waals surface area contributed by atoms with Crippen molar-refractivity contribution in [1.82, 2.24) is 5.32 Å². The molecule has 1 saturated heterocycles. The standard InChI is InChI=1S/C20H23NO5/c1-2-17-15(20(23)24)11-18(26-17)19(22)21-16(10-13-8-9-25-12-13)14-6-4-3-5-7-14/h3-7,11,13,16H,2,8-10,12H2,1H3,(H,21,22)(H,23,24). The average Bonchev–Trinajstić information content (AvgIpc) is 3.31. The first kappa shape index (κ1) is 18.2. The fraction of sp³-hybridized carbons (Fsp3) is 0.400. The van der Waals surface area contributed by atoms with Crippen molar-refractivity contribution in [3.05, 3.63) is 59.0 Å². The smallest absolute Gasteiger partial charge is 0.339 e. The summed E-state index contributed by atoms with van der Waals surface area (Å²) >= 11 is 0. The van der Waals surface area contributed by atoms with Crippen LogP contribution in [0.2, 0.25) is 0 Å². The van der Waals surface area contributed by atoms with Crippen molar-refractivity contribution in [3.8, 4) is 0 Å².